The lowest BCUT2D eigenvalue weighted by Crippen LogP contribution is -2.25. The lowest BCUT2D eigenvalue weighted by Gasteiger charge is -2.06. The van der Waals surface area contributed by atoms with E-state index in [0.29, 0.717) is 16.8 Å². The molecule has 2 amide bonds. The van der Waals surface area contributed by atoms with E-state index in [9.17, 15) is 14.0 Å². The van der Waals surface area contributed by atoms with Crippen LogP contribution in [0.2, 0.25) is 0 Å². The standard InChI is InChI=1S/C20H19FN2O3/c1-26-18-9-5-13(11-17(18)21)6-10-19(24)22-16-4-2-3-14(12-16)20(25)23-15-7-8-15/h2-6,9-12,15H,7-8H2,1H3,(H,22,24)(H,23,25). The smallest absolute Gasteiger partial charge is 0.251 e. The van der Waals surface area contributed by atoms with Crippen molar-refractivity contribution in [1.29, 1.82) is 0 Å². The predicted molar refractivity (Wildman–Crippen MR) is 97.5 cm³/mol. The maximum atomic E-state index is 13.6. The summed E-state index contributed by atoms with van der Waals surface area (Å²) >= 11 is 0. The average molecular weight is 354 g/mol. The van der Waals surface area contributed by atoms with Crippen LogP contribution in [-0.4, -0.2) is 25.0 Å². The third-order valence-corrected chi connectivity index (χ3v) is 3.91. The van der Waals surface area contributed by atoms with Crippen LogP contribution in [0.5, 0.6) is 5.75 Å². The number of ether oxygens (including phenoxy) is 1. The molecule has 2 aromatic carbocycles. The van der Waals surface area contributed by atoms with Gasteiger partial charge in [-0.3, -0.25) is 9.59 Å². The van der Waals surface area contributed by atoms with Gasteiger partial charge in [0.15, 0.2) is 11.6 Å². The summed E-state index contributed by atoms with van der Waals surface area (Å²) in [5, 5.41) is 5.59. The highest BCUT2D eigenvalue weighted by Gasteiger charge is 2.23. The van der Waals surface area contributed by atoms with Crippen molar-refractivity contribution in [3.8, 4) is 5.75 Å². The molecule has 1 aliphatic carbocycles. The lowest BCUT2D eigenvalue weighted by molar-refractivity contribution is -0.111. The van der Waals surface area contributed by atoms with Gasteiger partial charge in [0, 0.05) is 23.4 Å². The number of carbonyl (C=O) groups is 2. The number of nitrogens with one attached hydrogen (secondary N) is 2. The first-order valence-corrected chi connectivity index (χ1v) is 8.28. The van der Waals surface area contributed by atoms with E-state index >= 15 is 0 Å². The van der Waals surface area contributed by atoms with Gasteiger partial charge in [0.05, 0.1) is 7.11 Å². The molecule has 26 heavy (non-hydrogen) atoms. The van der Waals surface area contributed by atoms with Gasteiger partial charge in [-0.25, -0.2) is 4.39 Å². The van der Waals surface area contributed by atoms with Crippen molar-refractivity contribution in [3.05, 3.63) is 65.5 Å². The highest BCUT2D eigenvalue weighted by atomic mass is 19.1. The molecule has 0 saturated heterocycles. The van der Waals surface area contributed by atoms with E-state index in [2.05, 4.69) is 10.6 Å². The predicted octanol–water partition coefficient (Wildman–Crippen LogP) is 3.38. The summed E-state index contributed by atoms with van der Waals surface area (Å²) in [5.74, 6) is -0.869. The van der Waals surface area contributed by atoms with E-state index in [0.717, 1.165) is 12.8 Å². The fourth-order valence-electron chi connectivity index (χ4n) is 2.38. The van der Waals surface area contributed by atoms with Gasteiger partial charge >= 0.3 is 0 Å². The Balaban J connectivity index is 1.62. The quantitative estimate of drug-likeness (QED) is 0.782. The number of hydrogen-bond acceptors (Lipinski definition) is 3. The second-order valence-electron chi connectivity index (χ2n) is 6.05. The van der Waals surface area contributed by atoms with Gasteiger partial charge in [-0.15, -0.1) is 0 Å². The van der Waals surface area contributed by atoms with E-state index in [1.54, 1.807) is 30.3 Å². The fraction of sp³-hybridized carbons (Fsp3) is 0.200. The van der Waals surface area contributed by atoms with Crippen molar-refractivity contribution >= 4 is 23.6 Å². The molecule has 1 aliphatic rings. The van der Waals surface area contributed by atoms with E-state index in [1.165, 1.54) is 31.4 Å². The number of hydrogen-bond donors (Lipinski definition) is 2. The van der Waals surface area contributed by atoms with Crippen LogP contribution in [0, 0.1) is 5.82 Å². The largest absolute Gasteiger partial charge is 0.494 e. The molecule has 1 saturated carbocycles. The summed E-state index contributed by atoms with van der Waals surface area (Å²) in [5.41, 5.74) is 1.55. The third kappa shape index (κ3) is 4.69. The molecule has 1 fully saturated rings. The normalized spacial score (nSPS) is 13.5. The van der Waals surface area contributed by atoms with Crippen molar-refractivity contribution in [2.24, 2.45) is 0 Å². The molecule has 0 spiro atoms. The average Bonchev–Trinajstić information content (AvgIpc) is 3.44. The van der Waals surface area contributed by atoms with Gasteiger partial charge in [-0.2, -0.15) is 0 Å². The summed E-state index contributed by atoms with van der Waals surface area (Å²) in [6.45, 7) is 0. The molecule has 0 aliphatic heterocycles. The van der Waals surface area contributed by atoms with Crippen molar-refractivity contribution < 1.29 is 18.7 Å². The second kappa shape index (κ2) is 7.82. The zero-order chi connectivity index (χ0) is 18.5. The zero-order valence-electron chi connectivity index (χ0n) is 14.3. The lowest BCUT2D eigenvalue weighted by atomic mass is 10.1. The van der Waals surface area contributed by atoms with Crippen molar-refractivity contribution in [1.82, 2.24) is 5.32 Å². The molecule has 0 atom stereocenters. The first-order chi connectivity index (χ1) is 12.5. The van der Waals surface area contributed by atoms with Gasteiger partial charge in [0.1, 0.15) is 0 Å². The monoisotopic (exact) mass is 354 g/mol. The first kappa shape index (κ1) is 17.7. The van der Waals surface area contributed by atoms with Crippen LogP contribution in [0.25, 0.3) is 6.08 Å². The van der Waals surface area contributed by atoms with Crippen LogP contribution < -0.4 is 15.4 Å². The molecule has 0 bridgehead atoms. The number of benzene rings is 2. The minimum atomic E-state index is -0.496. The molecular weight excluding hydrogens is 335 g/mol. The number of amides is 2. The van der Waals surface area contributed by atoms with Crippen LogP contribution in [0.3, 0.4) is 0 Å². The topological polar surface area (TPSA) is 67.4 Å². The number of carbonyl (C=O) groups excluding carboxylic acids is 2. The molecule has 3 rings (SSSR count). The van der Waals surface area contributed by atoms with Crippen LogP contribution in [-0.2, 0) is 4.79 Å². The maximum Gasteiger partial charge on any atom is 0.251 e. The summed E-state index contributed by atoms with van der Waals surface area (Å²) in [6.07, 6.45) is 4.83. The highest BCUT2D eigenvalue weighted by Crippen LogP contribution is 2.20. The Hall–Kier alpha value is -3.15. The second-order valence-corrected chi connectivity index (χ2v) is 6.05. The first-order valence-electron chi connectivity index (χ1n) is 8.28. The number of rotatable bonds is 6. The van der Waals surface area contributed by atoms with Crippen molar-refractivity contribution in [3.63, 3.8) is 0 Å². The Morgan fingerprint density at radius 2 is 2.00 bits per heavy atom. The minimum Gasteiger partial charge on any atom is -0.494 e. The SMILES string of the molecule is COc1ccc(C=CC(=O)Nc2cccc(C(=O)NC3CC3)c2)cc1F. The van der Waals surface area contributed by atoms with Crippen molar-refractivity contribution in [2.75, 3.05) is 12.4 Å². The molecule has 134 valence electrons. The Labute approximate surface area is 150 Å². The van der Waals surface area contributed by atoms with E-state index < -0.39 is 5.82 Å². The summed E-state index contributed by atoms with van der Waals surface area (Å²) in [7, 11) is 1.39. The van der Waals surface area contributed by atoms with E-state index in [4.69, 9.17) is 4.74 Å². The van der Waals surface area contributed by atoms with Gasteiger partial charge in [-0.05, 0) is 54.8 Å². The molecular formula is C20H19FN2O3. The fourth-order valence-corrected chi connectivity index (χ4v) is 2.38. The van der Waals surface area contributed by atoms with Crippen LogP contribution >= 0.6 is 0 Å². The van der Waals surface area contributed by atoms with E-state index in [1.807, 2.05) is 0 Å². The Morgan fingerprint density at radius 3 is 2.69 bits per heavy atom. The molecule has 2 N–H and O–H groups in total. The number of halogens is 1. The summed E-state index contributed by atoms with van der Waals surface area (Å²) in [4.78, 5) is 24.1. The number of methoxy groups -OCH3 is 1. The molecule has 0 heterocycles. The molecule has 0 radical (unpaired) electrons. The summed E-state index contributed by atoms with van der Waals surface area (Å²) < 4.78 is 18.5. The molecule has 0 aromatic heterocycles. The van der Waals surface area contributed by atoms with Crippen LogP contribution in [0.1, 0.15) is 28.8 Å². The molecule has 0 unspecified atom stereocenters. The Bertz CT molecular complexity index is 860. The number of anilines is 1. The van der Waals surface area contributed by atoms with Crippen molar-refractivity contribution in [2.45, 2.75) is 18.9 Å². The molecule has 6 heteroatoms. The van der Waals surface area contributed by atoms with Crippen LogP contribution in [0.15, 0.2) is 48.5 Å². The maximum absolute atomic E-state index is 13.6. The zero-order valence-corrected chi connectivity index (χ0v) is 14.3. The van der Waals surface area contributed by atoms with Crippen LogP contribution in [0.4, 0.5) is 10.1 Å². The minimum absolute atomic E-state index is 0.146. The third-order valence-electron chi connectivity index (χ3n) is 3.91. The molecule has 5 nitrogen and oxygen atoms in total. The van der Waals surface area contributed by atoms with E-state index in [-0.39, 0.29) is 23.6 Å². The Morgan fingerprint density at radius 1 is 1.19 bits per heavy atom. The van der Waals surface area contributed by atoms with Gasteiger partial charge in [0.25, 0.3) is 5.91 Å². The summed E-state index contributed by atoms with van der Waals surface area (Å²) in [6, 6.07) is 11.4. The highest BCUT2D eigenvalue weighted by molar-refractivity contribution is 6.03. The molecule has 2 aromatic rings. The van der Waals surface area contributed by atoms with Gasteiger partial charge in [-0.1, -0.05) is 12.1 Å². The Kier molecular flexibility index (Phi) is 5.31. The van der Waals surface area contributed by atoms with Gasteiger partial charge in [0.2, 0.25) is 5.91 Å². The van der Waals surface area contributed by atoms with Gasteiger partial charge < -0.3 is 15.4 Å².